The molecule has 0 radical (unpaired) electrons. The molecule has 0 spiro atoms. The summed E-state index contributed by atoms with van der Waals surface area (Å²) >= 11 is 3.90. The molecule has 0 saturated heterocycles. The Bertz CT molecular complexity index is 376. The number of benzene rings is 1. The molecule has 0 saturated carbocycles. The van der Waals surface area contributed by atoms with Crippen molar-refractivity contribution in [2.45, 2.75) is 11.8 Å². The van der Waals surface area contributed by atoms with Crippen molar-refractivity contribution in [2.75, 3.05) is 0 Å². The second-order valence-corrected chi connectivity index (χ2v) is 3.00. The molecule has 0 aromatic heterocycles. The third-order valence-corrected chi connectivity index (χ3v) is 1.96. The van der Waals surface area contributed by atoms with Crippen LogP contribution in [0, 0.1) is 10.1 Å². The van der Waals surface area contributed by atoms with E-state index in [1.54, 1.807) is 0 Å². The Morgan fingerprint density at radius 3 is 2.62 bits per heavy atom. The van der Waals surface area contributed by atoms with Gasteiger partial charge < -0.3 is 0 Å². The van der Waals surface area contributed by atoms with E-state index in [0.717, 1.165) is 0 Å². The van der Waals surface area contributed by atoms with Crippen LogP contribution in [0.15, 0.2) is 23.1 Å². The molecule has 1 rings (SSSR count). The molecule has 0 aliphatic rings. The number of ketones is 1. The number of hydrogen-bond donors (Lipinski definition) is 1. The van der Waals surface area contributed by atoms with Crippen molar-refractivity contribution in [1.82, 2.24) is 0 Å². The van der Waals surface area contributed by atoms with Gasteiger partial charge in [-0.25, -0.2) is 0 Å². The first-order chi connectivity index (χ1) is 6.02. The summed E-state index contributed by atoms with van der Waals surface area (Å²) in [5.41, 5.74) is 0.181. The first-order valence-corrected chi connectivity index (χ1v) is 3.95. The van der Waals surface area contributed by atoms with Crippen LogP contribution in [0.2, 0.25) is 0 Å². The number of nitro benzene ring substituents is 1. The maximum Gasteiger partial charge on any atom is 0.283 e. The molecule has 1 aromatic carbocycles. The van der Waals surface area contributed by atoms with E-state index in [2.05, 4.69) is 12.6 Å². The van der Waals surface area contributed by atoms with Crippen LogP contribution in [0.25, 0.3) is 0 Å². The van der Waals surface area contributed by atoms with E-state index >= 15 is 0 Å². The maximum absolute atomic E-state index is 10.9. The fraction of sp³-hybridized carbons (Fsp3) is 0.125. The first kappa shape index (κ1) is 9.73. The van der Waals surface area contributed by atoms with Gasteiger partial charge in [0.1, 0.15) is 0 Å². The summed E-state index contributed by atoms with van der Waals surface area (Å²) in [6, 6.07) is 4.18. The van der Waals surface area contributed by atoms with Crippen LogP contribution in [0.4, 0.5) is 5.69 Å². The van der Waals surface area contributed by atoms with E-state index in [0.29, 0.717) is 5.56 Å². The highest BCUT2D eigenvalue weighted by atomic mass is 32.1. The number of hydrogen-bond acceptors (Lipinski definition) is 4. The molecular formula is C8H7NO3S. The van der Waals surface area contributed by atoms with Gasteiger partial charge >= 0.3 is 0 Å². The Balaban J connectivity index is 3.27. The van der Waals surface area contributed by atoms with E-state index < -0.39 is 4.92 Å². The van der Waals surface area contributed by atoms with Crippen molar-refractivity contribution < 1.29 is 9.72 Å². The molecule has 13 heavy (non-hydrogen) atoms. The minimum Gasteiger partial charge on any atom is -0.295 e. The second kappa shape index (κ2) is 3.57. The lowest BCUT2D eigenvalue weighted by atomic mass is 10.1. The van der Waals surface area contributed by atoms with Crippen molar-refractivity contribution in [1.29, 1.82) is 0 Å². The van der Waals surface area contributed by atoms with E-state index in [9.17, 15) is 14.9 Å². The zero-order chi connectivity index (χ0) is 10.0. The summed E-state index contributed by atoms with van der Waals surface area (Å²) in [5, 5.41) is 10.4. The van der Waals surface area contributed by atoms with Gasteiger partial charge in [-0.1, -0.05) is 0 Å². The normalized spacial score (nSPS) is 9.69. The quantitative estimate of drug-likeness (QED) is 0.342. The minimum atomic E-state index is -0.561. The van der Waals surface area contributed by atoms with Gasteiger partial charge in [-0.15, -0.1) is 12.6 Å². The summed E-state index contributed by atoms with van der Waals surface area (Å²) in [7, 11) is 0. The van der Waals surface area contributed by atoms with Crippen molar-refractivity contribution in [3.05, 3.63) is 33.9 Å². The molecule has 0 bridgehead atoms. The molecule has 1 aromatic rings. The number of carbonyl (C=O) groups excluding carboxylic acids is 1. The van der Waals surface area contributed by atoms with E-state index in [1.807, 2.05) is 0 Å². The van der Waals surface area contributed by atoms with Crippen molar-refractivity contribution >= 4 is 24.1 Å². The monoisotopic (exact) mass is 197 g/mol. The summed E-state index contributed by atoms with van der Waals surface area (Å²) in [6.45, 7) is 1.36. The molecule has 0 N–H and O–H groups in total. The first-order valence-electron chi connectivity index (χ1n) is 3.50. The standard InChI is InChI=1S/C8H7NO3S/c1-5(10)6-2-3-8(13)7(4-6)9(11)12/h2-4,13H,1H3. The highest BCUT2D eigenvalue weighted by molar-refractivity contribution is 7.80. The average Bonchev–Trinajstić information content (AvgIpc) is 2.04. The van der Waals surface area contributed by atoms with E-state index in [-0.39, 0.29) is 16.4 Å². The molecule has 0 fully saturated rings. The Morgan fingerprint density at radius 1 is 1.54 bits per heavy atom. The van der Waals surface area contributed by atoms with E-state index in [1.165, 1.54) is 25.1 Å². The fourth-order valence-corrected chi connectivity index (χ4v) is 1.11. The van der Waals surface area contributed by atoms with Crippen molar-refractivity contribution in [3.63, 3.8) is 0 Å². The molecule has 0 aliphatic heterocycles. The Hall–Kier alpha value is -1.36. The lowest BCUT2D eigenvalue weighted by Gasteiger charge is -1.98. The van der Waals surface area contributed by atoms with Gasteiger partial charge in [0, 0.05) is 11.6 Å². The number of rotatable bonds is 2. The van der Waals surface area contributed by atoms with Gasteiger partial charge in [-0.2, -0.15) is 0 Å². The summed E-state index contributed by atoms with van der Waals surface area (Å²) < 4.78 is 0. The predicted octanol–water partition coefficient (Wildman–Crippen LogP) is 2.09. The van der Waals surface area contributed by atoms with Crippen LogP contribution in [0.1, 0.15) is 17.3 Å². The summed E-state index contributed by atoms with van der Waals surface area (Å²) in [4.78, 5) is 21.0. The molecule has 0 aliphatic carbocycles. The van der Waals surface area contributed by atoms with Gasteiger partial charge in [0.25, 0.3) is 5.69 Å². The second-order valence-electron chi connectivity index (χ2n) is 2.52. The van der Waals surface area contributed by atoms with Crippen LogP contribution in [-0.2, 0) is 0 Å². The highest BCUT2D eigenvalue weighted by Gasteiger charge is 2.12. The summed E-state index contributed by atoms with van der Waals surface area (Å²) in [5.74, 6) is -0.198. The lowest BCUT2D eigenvalue weighted by Crippen LogP contribution is -1.95. The van der Waals surface area contributed by atoms with Crippen LogP contribution in [-0.4, -0.2) is 10.7 Å². The zero-order valence-corrected chi connectivity index (χ0v) is 7.75. The summed E-state index contributed by atoms with van der Waals surface area (Å²) in [6.07, 6.45) is 0. The molecule has 68 valence electrons. The maximum atomic E-state index is 10.9. The van der Waals surface area contributed by atoms with Gasteiger partial charge in [-0.3, -0.25) is 14.9 Å². The molecule has 0 amide bonds. The lowest BCUT2D eigenvalue weighted by molar-refractivity contribution is -0.387. The number of Topliss-reactive ketones (excluding diaryl/α,β-unsaturated/α-hetero) is 1. The Morgan fingerprint density at radius 2 is 2.15 bits per heavy atom. The van der Waals surface area contributed by atoms with Gasteiger partial charge in [0.2, 0.25) is 0 Å². The van der Waals surface area contributed by atoms with Crippen molar-refractivity contribution in [3.8, 4) is 0 Å². The zero-order valence-electron chi connectivity index (χ0n) is 6.85. The Kier molecular flexibility index (Phi) is 2.67. The molecule has 0 atom stereocenters. The number of nitro groups is 1. The smallest absolute Gasteiger partial charge is 0.283 e. The molecular weight excluding hydrogens is 190 g/mol. The highest BCUT2D eigenvalue weighted by Crippen LogP contribution is 2.23. The molecule has 0 heterocycles. The third-order valence-electron chi connectivity index (χ3n) is 1.58. The fourth-order valence-electron chi connectivity index (χ4n) is 0.889. The van der Waals surface area contributed by atoms with Gasteiger partial charge in [0.15, 0.2) is 5.78 Å². The number of nitrogens with zero attached hydrogens (tertiary/aromatic N) is 1. The largest absolute Gasteiger partial charge is 0.295 e. The molecule has 4 nitrogen and oxygen atoms in total. The van der Waals surface area contributed by atoms with Crippen LogP contribution < -0.4 is 0 Å². The minimum absolute atomic E-state index is 0.143. The van der Waals surface area contributed by atoms with Crippen LogP contribution >= 0.6 is 12.6 Å². The van der Waals surface area contributed by atoms with Gasteiger partial charge in [-0.05, 0) is 19.1 Å². The predicted molar refractivity (Wildman–Crippen MR) is 50.4 cm³/mol. The molecule has 5 heteroatoms. The van der Waals surface area contributed by atoms with Crippen LogP contribution in [0.5, 0.6) is 0 Å². The van der Waals surface area contributed by atoms with Crippen LogP contribution in [0.3, 0.4) is 0 Å². The van der Waals surface area contributed by atoms with Gasteiger partial charge in [0.05, 0.1) is 9.82 Å². The van der Waals surface area contributed by atoms with E-state index in [4.69, 9.17) is 0 Å². The number of thiol groups is 1. The number of carbonyl (C=O) groups is 1. The Labute approximate surface area is 80.1 Å². The topological polar surface area (TPSA) is 60.2 Å². The third kappa shape index (κ3) is 2.06. The molecule has 0 unspecified atom stereocenters. The van der Waals surface area contributed by atoms with Crippen molar-refractivity contribution in [2.24, 2.45) is 0 Å². The SMILES string of the molecule is CC(=O)c1ccc(S)c([N+](=O)[O-])c1. The average molecular weight is 197 g/mol.